The van der Waals surface area contributed by atoms with Crippen molar-refractivity contribution in [3.05, 3.63) is 49.6 Å². The second-order valence-electron chi connectivity index (χ2n) is 3.88. The number of aromatic carboxylic acids is 1. The molecule has 0 atom stereocenters. The zero-order valence-corrected chi connectivity index (χ0v) is 13.0. The Morgan fingerprint density at radius 2 is 2.16 bits per heavy atom. The Kier molecular flexibility index (Phi) is 4.85. The van der Waals surface area contributed by atoms with Gasteiger partial charge in [-0.05, 0) is 52.7 Å². The molecule has 19 heavy (non-hydrogen) atoms. The predicted octanol–water partition coefficient (Wildman–Crippen LogP) is 4.52. The Hall–Kier alpha value is -1.04. The van der Waals surface area contributed by atoms with Gasteiger partial charge in [0, 0.05) is 21.6 Å². The molecule has 2 rings (SSSR count). The molecule has 0 fully saturated rings. The second-order valence-corrected chi connectivity index (χ2v) is 6.54. The summed E-state index contributed by atoms with van der Waals surface area (Å²) in [6, 6.07) is 9.01. The number of hydrogen-bond acceptors (Lipinski definition) is 3. The van der Waals surface area contributed by atoms with Gasteiger partial charge in [0.05, 0.1) is 9.90 Å². The van der Waals surface area contributed by atoms with Crippen molar-refractivity contribution in [2.75, 3.05) is 11.9 Å². The van der Waals surface area contributed by atoms with E-state index in [0.29, 0.717) is 4.47 Å². The van der Waals surface area contributed by atoms with Crippen molar-refractivity contribution >= 4 is 50.5 Å². The molecule has 0 aliphatic heterocycles. The molecule has 1 heterocycles. The number of thiophene rings is 1. The van der Waals surface area contributed by atoms with Crippen LogP contribution in [0.3, 0.4) is 0 Å². The molecule has 100 valence electrons. The van der Waals surface area contributed by atoms with Gasteiger partial charge in [0.2, 0.25) is 0 Å². The minimum atomic E-state index is -0.938. The lowest BCUT2D eigenvalue weighted by Crippen LogP contribution is -2.05. The van der Waals surface area contributed by atoms with E-state index in [1.807, 2.05) is 12.1 Å². The van der Waals surface area contributed by atoms with Crippen molar-refractivity contribution < 1.29 is 9.90 Å². The fourth-order valence-corrected chi connectivity index (χ4v) is 3.25. The Bertz CT molecular complexity index is 600. The molecule has 0 aliphatic carbocycles. The minimum absolute atomic E-state index is 0.260. The van der Waals surface area contributed by atoms with Crippen LogP contribution in [0.5, 0.6) is 0 Å². The number of carbonyl (C=O) groups is 1. The van der Waals surface area contributed by atoms with Crippen LogP contribution in [0.25, 0.3) is 0 Å². The molecule has 0 spiro atoms. The summed E-state index contributed by atoms with van der Waals surface area (Å²) in [5.41, 5.74) is 1.15. The molecular weight excluding hydrogens is 350 g/mol. The van der Waals surface area contributed by atoms with Gasteiger partial charge >= 0.3 is 5.97 Å². The van der Waals surface area contributed by atoms with Crippen molar-refractivity contribution in [2.45, 2.75) is 6.42 Å². The highest BCUT2D eigenvalue weighted by Gasteiger charge is 2.08. The molecule has 0 amide bonds. The summed E-state index contributed by atoms with van der Waals surface area (Å²) >= 11 is 10.7. The number of nitrogens with one attached hydrogen (secondary N) is 1. The number of hydrogen-bond donors (Lipinski definition) is 2. The molecule has 6 heteroatoms. The minimum Gasteiger partial charge on any atom is -0.478 e. The highest BCUT2D eigenvalue weighted by molar-refractivity contribution is 9.10. The predicted molar refractivity (Wildman–Crippen MR) is 82.6 cm³/mol. The molecule has 3 nitrogen and oxygen atoms in total. The summed E-state index contributed by atoms with van der Waals surface area (Å²) in [6.07, 6.45) is 0.885. The van der Waals surface area contributed by atoms with Crippen molar-refractivity contribution in [3.63, 3.8) is 0 Å². The van der Waals surface area contributed by atoms with Crippen LogP contribution in [0.15, 0.2) is 34.8 Å². The monoisotopic (exact) mass is 359 g/mol. The molecule has 1 aromatic heterocycles. The molecule has 0 unspecified atom stereocenters. The highest BCUT2D eigenvalue weighted by atomic mass is 79.9. The molecule has 1 aromatic carbocycles. The average Bonchev–Trinajstić information content (AvgIpc) is 2.75. The number of rotatable bonds is 5. The molecule has 0 saturated carbocycles. The summed E-state index contributed by atoms with van der Waals surface area (Å²) in [4.78, 5) is 12.1. The zero-order valence-electron chi connectivity index (χ0n) is 9.82. The third-order valence-electron chi connectivity index (χ3n) is 2.53. The first-order chi connectivity index (χ1) is 9.06. The average molecular weight is 361 g/mol. The van der Waals surface area contributed by atoms with Crippen molar-refractivity contribution in [2.24, 2.45) is 0 Å². The Morgan fingerprint density at radius 1 is 1.37 bits per heavy atom. The van der Waals surface area contributed by atoms with E-state index in [4.69, 9.17) is 16.7 Å². The van der Waals surface area contributed by atoms with Crippen LogP contribution in [0.2, 0.25) is 4.34 Å². The zero-order chi connectivity index (χ0) is 13.8. The molecule has 0 bridgehead atoms. The third kappa shape index (κ3) is 3.96. The summed E-state index contributed by atoms with van der Waals surface area (Å²) in [5, 5.41) is 12.2. The molecule has 0 radical (unpaired) electrons. The van der Waals surface area contributed by atoms with Gasteiger partial charge in [-0.1, -0.05) is 11.6 Å². The van der Waals surface area contributed by atoms with Gasteiger partial charge in [-0.25, -0.2) is 4.79 Å². The van der Waals surface area contributed by atoms with Crippen LogP contribution in [-0.2, 0) is 6.42 Å². The largest absolute Gasteiger partial charge is 0.478 e. The Balaban J connectivity index is 1.93. The van der Waals surface area contributed by atoms with Gasteiger partial charge in [0.25, 0.3) is 0 Å². The summed E-state index contributed by atoms with van der Waals surface area (Å²) in [6.45, 7) is 0.774. The van der Waals surface area contributed by atoms with Crippen molar-refractivity contribution in [3.8, 4) is 0 Å². The standard InChI is InChI=1S/C13H11BrClNO2S/c14-11-7-8(1-3-10(11)13(17)18)16-6-5-9-2-4-12(15)19-9/h1-4,7,16H,5-6H2,(H,17,18). The van der Waals surface area contributed by atoms with Gasteiger partial charge in [0.15, 0.2) is 0 Å². The van der Waals surface area contributed by atoms with Crippen LogP contribution in [-0.4, -0.2) is 17.6 Å². The SMILES string of the molecule is O=C(O)c1ccc(NCCc2ccc(Cl)s2)cc1Br. The van der Waals surface area contributed by atoms with E-state index >= 15 is 0 Å². The van der Waals surface area contributed by atoms with E-state index in [0.717, 1.165) is 23.0 Å². The number of anilines is 1. The van der Waals surface area contributed by atoms with Crippen LogP contribution in [0.1, 0.15) is 15.2 Å². The lowest BCUT2D eigenvalue weighted by Gasteiger charge is -2.07. The maximum Gasteiger partial charge on any atom is 0.336 e. The maximum atomic E-state index is 10.9. The fourth-order valence-electron chi connectivity index (χ4n) is 1.61. The number of halogens is 2. The van der Waals surface area contributed by atoms with Crippen LogP contribution < -0.4 is 5.32 Å². The number of carboxylic acids is 1. The van der Waals surface area contributed by atoms with E-state index in [2.05, 4.69) is 21.2 Å². The van der Waals surface area contributed by atoms with E-state index in [-0.39, 0.29) is 5.56 Å². The fraction of sp³-hybridized carbons (Fsp3) is 0.154. The smallest absolute Gasteiger partial charge is 0.336 e. The Morgan fingerprint density at radius 3 is 2.74 bits per heavy atom. The van der Waals surface area contributed by atoms with E-state index in [9.17, 15) is 4.79 Å². The van der Waals surface area contributed by atoms with Gasteiger partial charge in [-0.15, -0.1) is 11.3 Å². The lowest BCUT2D eigenvalue weighted by atomic mass is 10.2. The van der Waals surface area contributed by atoms with Gasteiger partial charge < -0.3 is 10.4 Å². The van der Waals surface area contributed by atoms with E-state index < -0.39 is 5.97 Å². The van der Waals surface area contributed by atoms with E-state index in [1.165, 1.54) is 4.88 Å². The molecule has 0 aliphatic rings. The first-order valence-corrected chi connectivity index (χ1v) is 7.56. The maximum absolute atomic E-state index is 10.9. The summed E-state index contributed by atoms with van der Waals surface area (Å²) in [5.74, 6) is -0.938. The second kappa shape index (κ2) is 6.41. The quantitative estimate of drug-likeness (QED) is 0.824. The van der Waals surface area contributed by atoms with Gasteiger partial charge in [-0.2, -0.15) is 0 Å². The van der Waals surface area contributed by atoms with Gasteiger partial charge in [-0.3, -0.25) is 0 Å². The first-order valence-electron chi connectivity index (χ1n) is 5.57. The van der Waals surface area contributed by atoms with Crippen LogP contribution in [0, 0.1) is 0 Å². The normalized spacial score (nSPS) is 10.4. The summed E-state index contributed by atoms with van der Waals surface area (Å²) < 4.78 is 1.37. The molecule has 2 N–H and O–H groups in total. The van der Waals surface area contributed by atoms with Crippen molar-refractivity contribution in [1.82, 2.24) is 0 Å². The third-order valence-corrected chi connectivity index (χ3v) is 4.48. The molecule has 2 aromatic rings. The Labute approximate surface area is 128 Å². The van der Waals surface area contributed by atoms with Crippen LogP contribution >= 0.6 is 38.9 Å². The molecular formula is C13H11BrClNO2S. The highest BCUT2D eigenvalue weighted by Crippen LogP contribution is 2.23. The number of benzene rings is 1. The first kappa shape index (κ1) is 14.4. The lowest BCUT2D eigenvalue weighted by molar-refractivity contribution is 0.0696. The topological polar surface area (TPSA) is 49.3 Å². The number of carboxylic acid groups (broad SMARTS) is 1. The van der Waals surface area contributed by atoms with E-state index in [1.54, 1.807) is 29.5 Å². The van der Waals surface area contributed by atoms with Crippen LogP contribution in [0.4, 0.5) is 5.69 Å². The van der Waals surface area contributed by atoms with Gasteiger partial charge in [0.1, 0.15) is 0 Å². The molecule has 0 saturated heterocycles. The van der Waals surface area contributed by atoms with Crippen molar-refractivity contribution in [1.29, 1.82) is 0 Å². The summed E-state index contributed by atoms with van der Waals surface area (Å²) in [7, 11) is 0.